The van der Waals surface area contributed by atoms with Crippen molar-refractivity contribution in [3.05, 3.63) is 109 Å². The molecule has 252 valence electrons. The lowest BCUT2D eigenvalue weighted by atomic mass is 10.1. The van der Waals surface area contributed by atoms with Crippen molar-refractivity contribution in [2.45, 2.75) is 123 Å². The van der Waals surface area contributed by atoms with Crippen LogP contribution in [0.1, 0.15) is 117 Å². The van der Waals surface area contributed by atoms with Crippen molar-refractivity contribution in [2.24, 2.45) is 0 Å². The first kappa shape index (κ1) is 42.0. The Bertz CT molecular complexity index is 914. The van der Waals surface area contributed by atoms with E-state index in [4.69, 9.17) is 9.47 Å². The van der Waals surface area contributed by atoms with Crippen LogP contribution in [0.3, 0.4) is 0 Å². The molecule has 0 saturated heterocycles. The number of carbonyl (C=O) groups excluding carboxylic acids is 1. The van der Waals surface area contributed by atoms with Crippen LogP contribution < -0.4 is 0 Å². The van der Waals surface area contributed by atoms with E-state index in [9.17, 15) is 9.90 Å². The van der Waals surface area contributed by atoms with Gasteiger partial charge in [0.1, 0.15) is 6.10 Å². The lowest BCUT2D eigenvalue weighted by Crippen LogP contribution is -2.27. The highest BCUT2D eigenvalue weighted by Gasteiger charge is 2.13. The summed E-state index contributed by atoms with van der Waals surface area (Å²) in [5.74, 6) is -0.296. The van der Waals surface area contributed by atoms with E-state index in [1.165, 1.54) is 12.8 Å². The Hall–Kier alpha value is -2.95. The SMILES string of the molecule is CC/C=C\C/C=C\C/C=C\C/C=C\C/C=C\CCCCCCOCC(CO)OC(=O)CC/C=C\C/C=C\C/C=C\C/C=C\CC. The van der Waals surface area contributed by atoms with Gasteiger partial charge in [0.2, 0.25) is 0 Å². The fraction of sp³-hybridized carbons (Fsp3) is 0.537. The topological polar surface area (TPSA) is 55.8 Å². The number of aliphatic hydroxyl groups is 1. The number of allylic oxidation sites excluding steroid dienone is 18. The zero-order chi connectivity index (χ0) is 32.7. The zero-order valence-electron chi connectivity index (χ0n) is 28.6. The average Bonchev–Trinajstić information content (AvgIpc) is 3.05. The zero-order valence-corrected chi connectivity index (χ0v) is 28.6. The lowest BCUT2D eigenvalue weighted by molar-refractivity contribution is -0.154. The van der Waals surface area contributed by atoms with Crippen LogP contribution in [0, 0.1) is 0 Å². The minimum Gasteiger partial charge on any atom is -0.457 e. The number of hydrogen-bond acceptors (Lipinski definition) is 4. The fourth-order valence-corrected chi connectivity index (χ4v) is 4.07. The molecule has 0 aliphatic heterocycles. The van der Waals surface area contributed by atoms with Gasteiger partial charge in [-0.15, -0.1) is 0 Å². The van der Waals surface area contributed by atoms with Crippen molar-refractivity contribution in [1.82, 2.24) is 0 Å². The molecule has 0 radical (unpaired) electrons. The Labute approximate surface area is 276 Å². The number of unbranched alkanes of at least 4 members (excludes halogenated alkanes) is 4. The fourth-order valence-electron chi connectivity index (χ4n) is 4.07. The van der Waals surface area contributed by atoms with E-state index < -0.39 is 6.10 Å². The molecule has 0 fully saturated rings. The molecule has 0 aliphatic rings. The molecule has 1 unspecified atom stereocenters. The van der Waals surface area contributed by atoms with Gasteiger partial charge in [-0.25, -0.2) is 0 Å². The van der Waals surface area contributed by atoms with E-state index in [1.54, 1.807) is 0 Å². The summed E-state index contributed by atoms with van der Waals surface area (Å²) in [5, 5.41) is 9.53. The third-order valence-corrected chi connectivity index (χ3v) is 6.61. The van der Waals surface area contributed by atoms with Crippen LogP contribution in [0.5, 0.6) is 0 Å². The van der Waals surface area contributed by atoms with Gasteiger partial charge in [-0.1, -0.05) is 136 Å². The second kappa shape index (κ2) is 37.2. The largest absolute Gasteiger partial charge is 0.457 e. The second-order valence-corrected chi connectivity index (χ2v) is 10.8. The van der Waals surface area contributed by atoms with Gasteiger partial charge < -0.3 is 14.6 Å². The Balaban J connectivity index is 3.66. The summed E-state index contributed by atoms with van der Waals surface area (Å²) >= 11 is 0. The van der Waals surface area contributed by atoms with Gasteiger partial charge in [0.05, 0.1) is 13.2 Å². The van der Waals surface area contributed by atoms with E-state index in [-0.39, 0.29) is 19.2 Å². The van der Waals surface area contributed by atoms with Crippen LogP contribution in [0.25, 0.3) is 0 Å². The van der Waals surface area contributed by atoms with Gasteiger partial charge in [-0.05, 0) is 83.5 Å². The molecule has 0 saturated carbocycles. The van der Waals surface area contributed by atoms with E-state index >= 15 is 0 Å². The molecule has 1 N–H and O–H groups in total. The first-order chi connectivity index (χ1) is 22.2. The maximum atomic E-state index is 12.1. The molecule has 45 heavy (non-hydrogen) atoms. The molecule has 0 aliphatic carbocycles. The second-order valence-electron chi connectivity index (χ2n) is 10.8. The monoisotopic (exact) mass is 620 g/mol. The van der Waals surface area contributed by atoms with E-state index in [1.807, 2.05) is 6.08 Å². The molecular formula is C41H64O4. The van der Waals surface area contributed by atoms with E-state index in [0.29, 0.717) is 19.4 Å². The lowest BCUT2D eigenvalue weighted by Gasteiger charge is -2.15. The van der Waals surface area contributed by atoms with Crippen molar-refractivity contribution in [3.63, 3.8) is 0 Å². The molecule has 0 aromatic rings. The molecule has 0 amide bonds. The minimum atomic E-state index is -0.592. The number of rotatable bonds is 30. The normalized spacial score (nSPS) is 13.8. The molecular weight excluding hydrogens is 556 g/mol. The summed E-state index contributed by atoms with van der Waals surface area (Å²) in [7, 11) is 0. The highest BCUT2D eigenvalue weighted by Crippen LogP contribution is 2.06. The van der Waals surface area contributed by atoms with Crippen LogP contribution >= 0.6 is 0 Å². The maximum Gasteiger partial charge on any atom is 0.306 e. The first-order valence-electron chi connectivity index (χ1n) is 17.5. The van der Waals surface area contributed by atoms with Crippen LogP contribution in [0.2, 0.25) is 0 Å². The van der Waals surface area contributed by atoms with Gasteiger partial charge in [-0.3, -0.25) is 4.79 Å². The number of hydrogen-bond donors (Lipinski definition) is 1. The van der Waals surface area contributed by atoms with Gasteiger partial charge in [0.15, 0.2) is 0 Å². The number of carbonyl (C=O) groups is 1. The summed E-state index contributed by atoms with van der Waals surface area (Å²) in [4.78, 5) is 12.1. The van der Waals surface area contributed by atoms with Crippen LogP contribution in [-0.2, 0) is 14.3 Å². The number of ether oxygens (including phenoxy) is 2. The molecule has 0 bridgehead atoms. The van der Waals surface area contributed by atoms with Crippen molar-refractivity contribution < 1.29 is 19.4 Å². The highest BCUT2D eigenvalue weighted by atomic mass is 16.6. The number of esters is 1. The molecule has 0 heterocycles. The molecule has 0 rings (SSSR count). The predicted molar refractivity (Wildman–Crippen MR) is 195 cm³/mol. The number of aliphatic hydroxyl groups excluding tert-OH is 1. The van der Waals surface area contributed by atoms with Crippen molar-refractivity contribution in [3.8, 4) is 0 Å². The summed E-state index contributed by atoms with van der Waals surface area (Å²) in [6.07, 6.45) is 54.2. The van der Waals surface area contributed by atoms with Gasteiger partial charge in [0.25, 0.3) is 0 Å². The third kappa shape index (κ3) is 35.4. The van der Waals surface area contributed by atoms with E-state index in [0.717, 1.165) is 77.0 Å². The minimum absolute atomic E-state index is 0.219. The Morgan fingerprint density at radius 3 is 1.38 bits per heavy atom. The molecule has 1 atom stereocenters. The van der Waals surface area contributed by atoms with Gasteiger partial charge in [-0.2, -0.15) is 0 Å². The molecule has 4 heteroatoms. The van der Waals surface area contributed by atoms with Gasteiger partial charge >= 0.3 is 5.97 Å². The summed E-state index contributed by atoms with van der Waals surface area (Å²) in [6, 6.07) is 0. The quantitative estimate of drug-likeness (QED) is 0.0493. The Morgan fingerprint density at radius 1 is 0.533 bits per heavy atom. The molecule has 0 aromatic carbocycles. The Morgan fingerprint density at radius 2 is 0.933 bits per heavy atom. The van der Waals surface area contributed by atoms with Crippen molar-refractivity contribution >= 4 is 5.97 Å². The summed E-state index contributed by atoms with van der Waals surface area (Å²) < 4.78 is 11.0. The smallest absolute Gasteiger partial charge is 0.306 e. The van der Waals surface area contributed by atoms with Crippen LogP contribution in [0.15, 0.2) is 109 Å². The maximum absolute atomic E-state index is 12.1. The van der Waals surface area contributed by atoms with Crippen LogP contribution in [0.4, 0.5) is 0 Å². The van der Waals surface area contributed by atoms with Gasteiger partial charge in [0, 0.05) is 13.0 Å². The summed E-state index contributed by atoms with van der Waals surface area (Å²) in [6.45, 7) is 4.94. The first-order valence-corrected chi connectivity index (χ1v) is 17.5. The highest BCUT2D eigenvalue weighted by molar-refractivity contribution is 5.69. The molecule has 4 nitrogen and oxygen atoms in total. The van der Waals surface area contributed by atoms with Crippen molar-refractivity contribution in [1.29, 1.82) is 0 Å². The molecule has 0 aromatic heterocycles. The Kier molecular flexibility index (Phi) is 34.8. The van der Waals surface area contributed by atoms with E-state index in [2.05, 4.69) is 117 Å². The van der Waals surface area contributed by atoms with Crippen molar-refractivity contribution in [2.75, 3.05) is 19.8 Å². The standard InChI is InChI=1S/C41H64O4/c1-3-5-7-9-11-13-15-17-18-19-20-21-22-23-25-27-29-31-33-35-37-44-39-40(38-42)45-41(43)36-34-32-30-28-26-24-16-14-12-10-8-6-4-2/h5-8,11-14,17-18,20-21,23-26,30,32,40,42H,3-4,9-10,15-16,19,22,27-29,31,33-39H2,1-2H3/b7-5-,8-6-,13-11-,14-12-,18-17-,21-20-,25-23-,26-24-,32-30-. The third-order valence-electron chi connectivity index (χ3n) is 6.61. The molecule has 0 spiro atoms. The average molecular weight is 621 g/mol. The summed E-state index contributed by atoms with van der Waals surface area (Å²) in [5.41, 5.74) is 0. The predicted octanol–water partition coefficient (Wildman–Crippen LogP) is 11.2. The van der Waals surface area contributed by atoms with Crippen LogP contribution in [-0.4, -0.2) is 37.0 Å².